The number of rotatable bonds is 8. The molecule has 0 saturated carbocycles. The van der Waals surface area contributed by atoms with Gasteiger partial charge in [-0.15, -0.1) is 0 Å². The molecular formula is C8H13F4NO3. The lowest BCUT2D eigenvalue weighted by Crippen LogP contribution is -2.46. The Morgan fingerprint density at radius 3 is 2.44 bits per heavy atom. The molecule has 1 amide bonds. The molecule has 8 heteroatoms. The molecule has 0 aromatic carbocycles. The van der Waals surface area contributed by atoms with Crippen LogP contribution in [0.2, 0.25) is 0 Å². The second-order valence-corrected chi connectivity index (χ2v) is 2.78. The predicted molar refractivity (Wildman–Crippen MR) is 46.7 cm³/mol. The highest BCUT2D eigenvalue weighted by atomic mass is 19.3. The average molecular weight is 247 g/mol. The quantitative estimate of drug-likeness (QED) is 0.506. The Morgan fingerprint density at radius 1 is 1.31 bits per heavy atom. The van der Waals surface area contributed by atoms with Gasteiger partial charge in [0.05, 0.1) is 19.8 Å². The molecule has 16 heavy (non-hydrogen) atoms. The van der Waals surface area contributed by atoms with Crippen molar-refractivity contribution in [3.63, 3.8) is 0 Å². The molecule has 4 nitrogen and oxygen atoms in total. The highest BCUT2D eigenvalue weighted by molar-refractivity contribution is 5.83. The van der Waals surface area contributed by atoms with Crippen LogP contribution in [0.4, 0.5) is 17.6 Å². The average Bonchev–Trinajstić information content (AvgIpc) is 2.22. The molecule has 0 unspecified atom stereocenters. The van der Waals surface area contributed by atoms with Gasteiger partial charge in [-0.2, -0.15) is 8.78 Å². The van der Waals surface area contributed by atoms with Gasteiger partial charge >= 0.3 is 12.3 Å². The zero-order valence-electron chi connectivity index (χ0n) is 8.64. The number of hydrogen-bond acceptors (Lipinski definition) is 3. The first-order valence-corrected chi connectivity index (χ1v) is 4.44. The van der Waals surface area contributed by atoms with Gasteiger partial charge in [-0.1, -0.05) is 0 Å². The molecule has 0 spiro atoms. The second-order valence-electron chi connectivity index (χ2n) is 2.78. The fraction of sp³-hybridized carbons (Fsp3) is 0.875. The summed E-state index contributed by atoms with van der Waals surface area (Å²) in [6, 6.07) is 0. The van der Waals surface area contributed by atoms with E-state index in [1.165, 1.54) is 7.11 Å². The van der Waals surface area contributed by atoms with E-state index in [0.717, 1.165) is 0 Å². The molecule has 0 bridgehead atoms. The van der Waals surface area contributed by atoms with E-state index < -0.39 is 18.3 Å². The van der Waals surface area contributed by atoms with E-state index in [9.17, 15) is 22.4 Å². The largest absolute Gasteiger partial charge is 0.383 e. The van der Waals surface area contributed by atoms with Crippen molar-refractivity contribution in [3.05, 3.63) is 0 Å². The monoisotopic (exact) mass is 247 g/mol. The molecule has 0 fully saturated rings. The van der Waals surface area contributed by atoms with E-state index in [2.05, 4.69) is 4.74 Å². The summed E-state index contributed by atoms with van der Waals surface area (Å²) in [7, 11) is 1.45. The number of alkyl halides is 4. The third-order valence-electron chi connectivity index (χ3n) is 1.54. The van der Waals surface area contributed by atoms with Gasteiger partial charge < -0.3 is 14.8 Å². The summed E-state index contributed by atoms with van der Waals surface area (Å²) in [6.45, 7) is 0.248. The van der Waals surface area contributed by atoms with Crippen molar-refractivity contribution >= 4 is 5.91 Å². The van der Waals surface area contributed by atoms with E-state index in [-0.39, 0.29) is 19.8 Å². The number of carbonyl (C=O) groups excluding carboxylic acids is 1. The van der Waals surface area contributed by atoms with Crippen LogP contribution in [-0.2, 0) is 14.3 Å². The smallest absolute Gasteiger partial charge is 0.382 e. The molecule has 0 aliphatic heterocycles. The molecular weight excluding hydrogens is 234 g/mol. The lowest BCUT2D eigenvalue weighted by atomic mass is 10.3. The molecule has 0 rings (SSSR count). The lowest BCUT2D eigenvalue weighted by Gasteiger charge is -2.14. The van der Waals surface area contributed by atoms with Crippen molar-refractivity contribution in [1.82, 2.24) is 5.32 Å². The van der Waals surface area contributed by atoms with Crippen LogP contribution in [0.1, 0.15) is 0 Å². The van der Waals surface area contributed by atoms with Crippen molar-refractivity contribution in [2.24, 2.45) is 0 Å². The van der Waals surface area contributed by atoms with Gasteiger partial charge in [0, 0.05) is 13.7 Å². The molecule has 0 aliphatic rings. The minimum Gasteiger partial charge on any atom is -0.382 e. The van der Waals surface area contributed by atoms with Gasteiger partial charge in [-0.3, -0.25) is 4.79 Å². The van der Waals surface area contributed by atoms with Crippen molar-refractivity contribution < 1.29 is 31.8 Å². The van der Waals surface area contributed by atoms with Crippen LogP contribution in [0.3, 0.4) is 0 Å². The topological polar surface area (TPSA) is 47.6 Å². The highest BCUT2D eigenvalue weighted by Crippen LogP contribution is 2.22. The van der Waals surface area contributed by atoms with Crippen LogP contribution < -0.4 is 5.32 Å². The molecule has 0 saturated heterocycles. The third kappa shape index (κ3) is 5.26. The number of ether oxygens (including phenoxy) is 2. The van der Waals surface area contributed by atoms with Crippen LogP contribution in [0.5, 0.6) is 0 Å². The van der Waals surface area contributed by atoms with Crippen molar-refractivity contribution in [2.75, 3.05) is 33.5 Å². The van der Waals surface area contributed by atoms with Gasteiger partial charge in [0.15, 0.2) is 0 Å². The van der Waals surface area contributed by atoms with E-state index in [1.54, 1.807) is 5.32 Å². The zero-order chi connectivity index (χ0) is 12.6. The molecule has 0 aromatic rings. The maximum absolute atomic E-state index is 12.3. The Balaban J connectivity index is 3.66. The van der Waals surface area contributed by atoms with Gasteiger partial charge in [0.25, 0.3) is 5.91 Å². The fourth-order valence-corrected chi connectivity index (χ4v) is 0.698. The molecule has 1 N–H and O–H groups in total. The van der Waals surface area contributed by atoms with Gasteiger partial charge in [-0.25, -0.2) is 8.78 Å². The van der Waals surface area contributed by atoms with Crippen LogP contribution >= 0.6 is 0 Å². The first kappa shape index (κ1) is 15.1. The molecule has 0 heterocycles. The summed E-state index contributed by atoms with van der Waals surface area (Å²) < 4.78 is 57.5. The molecule has 96 valence electrons. The maximum Gasteiger partial charge on any atom is 0.383 e. The van der Waals surface area contributed by atoms with Gasteiger partial charge in [-0.05, 0) is 0 Å². The Bertz CT molecular complexity index is 213. The number of carbonyl (C=O) groups is 1. The molecule has 0 aromatic heterocycles. The standard InChI is InChI=1S/C8H13F4NO3/c1-15-4-5-16-3-2-13-7(14)8(11,12)6(9)10/h6H,2-5H2,1H3,(H,13,14). The Labute approximate surface area is 89.9 Å². The summed E-state index contributed by atoms with van der Waals surface area (Å²) in [5.41, 5.74) is 0. The Kier molecular flexibility index (Phi) is 6.98. The van der Waals surface area contributed by atoms with Crippen LogP contribution in [0.15, 0.2) is 0 Å². The number of amides is 1. The van der Waals surface area contributed by atoms with Crippen molar-refractivity contribution in [1.29, 1.82) is 0 Å². The summed E-state index contributed by atoms with van der Waals surface area (Å²) in [5.74, 6) is -6.66. The first-order valence-electron chi connectivity index (χ1n) is 4.44. The van der Waals surface area contributed by atoms with E-state index in [1.807, 2.05) is 0 Å². The van der Waals surface area contributed by atoms with Gasteiger partial charge in [0.1, 0.15) is 0 Å². The zero-order valence-corrected chi connectivity index (χ0v) is 8.64. The fourth-order valence-electron chi connectivity index (χ4n) is 0.698. The Hall–Kier alpha value is -0.890. The van der Waals surface area contributed by atoms with E-state index in [4.69, 9.17) is 4.74 Å². The van der Waals surface area contributed by atoms with Crippen LogP contribution in [0, 0.1) is 0 Å². The summed E-state index contributed by atoms with van der Waals surface area (Å²) >= 11 is 0. The normalized spacial score (nSPS) is 11.9. The predicted octanol–water partition coefficient (Wildman–Crippen LogP) is 0.666. The maximum atomic E-state index is 12.3. The summed E-state index contributed by atoms with van der Waals surface area (Å²) in [6.07, 6.45) is -4.01. The SMILES string of the molecule is COCCOCCNC(=O)C(F)(F)C(F)F. The Morgan fingerprint density at radius 2 is 1.94 bits per heavy atom. The minimum absolute atomic E-state index is 0.0472. The number of methoxy groups -OCH3 is 1. The van der Waals surface area contributed by atoms with Crippen LogP contribution in [0.25, 0.3) is 0 Å². The minimum atomic E-state index is -4.66. The number of halogens is 4. The molecule has 0 aliphatic carbocycles. The van der Waals surface area contributed by atoms with E-state index in [0.29, 0.717) is 6.61 Å². The van der Waals surface area contributed by atoms with E-state index >= 15 is 0 Å². The molecule has 0 radical (unpaired) electrons. The third-order valence-corrected chi connectivity index (χ3v) is 1.54. The number of hydrogen-bond donors (Lipinski definition) is 1. The first-order chi connectivity index (χ1) is 7.42. The lowest BCUT2D eigenvalue weighted by molar-refractivity contribution is -0.169. The van der Waals surface area contributed by atoms with Crippen LogP contribution in [-0.4, -0.2) is 51.7 Å². The molecule has 0 atom stereocenters. The van der Waals surface area contributed by atoms with Crippen molar-refractivity contribution in [3.8, 4) is 0 Å². The van der Waals surface area contributed by atoms with Gasteiger partial charge in [0.2, 0.25) is 0 Å². The highest BCUT2D eigenvalue weighted by Gasteiger charge is 2.48. The van der Waals surface area contributed by atoms with Crippen molar-refractivity contribution in [2.45, 2.75) is 12.3 Å². The summed E-state index contributed by atoms with van der Waals surface area (Å²) in [5, 5.41) is 1.65. The number of nitrogens with one attached hydrogen (secondary N) is 1. The second kappa shape index (κ2) is 7.39. The summed E-state index contributed by atoms with van der Waals surface area (Å²) in [4.78, 5) is 10.6.